The molecule has 1 unspecified atom stereocenters. The number of thiazole rings is 1. The topological polar surface area (TPSA) is 66.5 Å². The number of H-pyrrole nitrogens is 1. The van der Waals surface area contributed by atoms with Gasteiger partial charge in [-0.25, -0.2) is 9.97 Å². The van der Waals surface area contributed by atoms with E-state index in [1.165, 1.54) is 17.7 Å². The number of aryl methyl sites for hydroxylation is 2. The molecule has 3 aromatic rings. The number of aromatic amines is 1. The minimum atomic E-state index is 0.305. The first-order chi connectivity index (χ1) is 9.79. The van der Waals surface area contributed by atoms with E-state index in [4.69, 9.17) is 0 Å². The second-order valence-electron chi connectivity index (χ2n) is 5.19. The highest BCUT2D eigenvalue weighted by molar-refractivity contribution is 7.21. The van der Waals surface area contributed by atoms with E-state index in [1.54, 1.807) is 11.3 Å². The minimum absolute atomic E-state index is 0.305. The predicted molar refractivity (Wildman–Crippen MR) is 80.0 cm³/mol. The molecule has 4 rings (SSSR count). The summed E-state index contributed by atoms with van der Waals surface area (Å²) < 4.78 is 0. The van der Waals surface area contributed by atoms with Gasteiger partial charge >= 0.3 is 0 Å². The maximum absolute atomic E-state index is 4.62. The average Bonchev–Trinajstić information content (AvgIpc) is 3.04. The maximum atomic E-state index is 4.62. The van der Waals surface area contributed by atoms with Crippen LogP contribution in [-0.2, 0) is 6.42 Å². The molecule has 1 aliphatic carbocycles. The van der Waals surface area contributed by atoms with Gasteiger partial charge in [-0.1, -0.05) is 11.3 Å². The molecule has 20 heavy (non-hydrogen) atoms. The van der Waals surface area contributed by atoms with Crippen LogP contribution >= 0.6 is 11.3 Å². The Morgan fingerprint density at radius 1 is 1.35 bits per heavy atom. The summed E-state index contributed by atoms with van der Waals surface area (Å²) in [5.74, 6) is 0. The van der Waals surface area contributed by atoms with Gasteiger partial charge in [0.1, 0.15) is 10.3 Å². The Kier molecular flexibility index (Phi) is 2.70. The number of hydrogen-bond donors (Lipinski definition) is 2. The van der Waals surface area contributed by atoms with E-state index in [-0.39, 0.29) is 0 Å². The third-order valence-electron chi connectivity index (χ3n) is 3.74. The van der Waals surface area contributed by atoms with Crippen LogP contribution in [0.25, 0.3) is 10.3 Å². The van der Waals surface area contributed by atoms with Crippen molar-refractivity contribution in [1.82, 2.24) is 20.2 Å². The second-order valence-corrected chi connectivity index (χ2v) is 6.17. The Balaban J connectivity index is 1.65. The van der Waals surface area contributed by atoms with Crippen LogP contribution in [-0.4, -0.2) is 20.2 Å². The summed E-state index contributed by atoms with van der Waals surface area (Å²) >= 11 is 1.62. The van der Waals surface area contributed by atoms with Crippen LogP contribution in [0.15, 0.2) is 18.3 Å². The van der Waals surface area contributed by atoms with Crippen molar-refractivity contribution in [2.24, 2.45) is 0 Å². The van der Waals surface area contributed by atoms with Crippen molar-refractivity contribution in [2.45, 2.75) is 32.2 Å². The Morgan fingerprint density at radius 2 is 2.30 bits per heavy atom. The fourth-order valence-corrected chi connectivity index (χ4v) is 3.67. The summed E-state index contributed by atoms with van der Waals surface area (Å²) in [7, 11) is 0. The zero-order valence-electron chi connectivity index (χ0n) is 11.2. The minimum Gasteiger partial charge on any atom is -0.355 e. The summed E-state index contributed by atoms with van der Waals surface area (Å²) in [6.07, 6.45) is 5.32. The van der Waals surface area contributed by atoms with E-state index >= 15 is 0 Å². The summed E-state index contributed by atoms with van der Waals surface area (Å²) in [6, 6.07) is 4.34. The van der Waals surface area contributed by atoms with Crippen LogP contribution in [0.3, 0.4) is 0 Å². The van der Waals surface area contributed by atoms with Crippen molar-refractivity contribution < 1.29 is 0 Å². The Labute approximate surface area is 120 Å². The molecule has 0 saturated heterocycles. The van der Waals surface area contributed by atoms with Crippen molar-refractivity contribution in [2.75, 3.05) is 5.32 Å². The highest BCUT2D eigenvalue weighted by Crippen LogP contribution is 2.33. The SMILES string of the molecule is Cc1ccc2nc(NC3CCCc4[nH]ncc43)sc2n1. The molecule has 0 saturated carbocycles. The molecular weight excluding hydrogens is 270 g/mol. The van der Waals surface area contributed by atoms with Gasteiger partial charge in [0.2, 0.25) is 0 Å². The highest BCUT2D eigenvalue weighted by atomic mass is 32.1. The molecule has 0 fully saturated rings. The number of hydrogen-bond acceptors (Lipinski definition) is 5. The Hall–Kier alpha value is -1.95. The van der Waals surface area contributed by atoms with Crippen LogP contribution < -0.4 is 5.32 Å². The lowest BCUT2D eigenvalue weighted by atomic mass is 9.93. The van der Waals surface area contributed by atoms with Crippen LogP contribution in [0.1, 0.15) is 35.8 Å². The lowest BCUT2D eigenvalue weighted by Gasteiger charge is -2.22. The Bertz CT molecular complexity index is 760. The molecule has 1 aliphatic rings. The van der Waals surface area contributed by atoms with Crippen molar-refractivity contribution in [1.29, 1.82) is 0 Å². The predicted octanol–water partition coefficient (Wildman–Crippen LogP) is 3.21. The van der Waals surface area contributed by atoms with Crippen molar-refractivity contribution >= 4 is 26.8 Å². The molecule has 6 heteroatoms. The summed E-state index contributed by atoms with van der Waals surface area (Å²) in [6.45, 7) is 2.01. The fourth-order valence-electron chi connectivity index (χ4n) is 2.73. The lowest BCUT2D eigenvalue weighted by molar-refractivity contribution is 0.595. The second kappa shape index (κ2) is 4.56. The van der Waals surface area contributed by atoms with Gasteiger partial charge in [-0.15, -0.1) is 0 Å². The third kappa shape index (κ3) is 1.96. The number of fused-ring (bicyclic) bond motifs is 2. The number of pyridine rings is 1. The summed E-state index contributed by atoms with van der Waals surface area (Å²) in [5.41, 5.74) is 4.53. The van der Waals surface area contributed by atoms with E-state index in [9.17, 15) is 0 Å². The largest absolute Gasteiger partial charge is 0.355 e. The number of aromatic nitrogens is 4. The van der Waals surface area contributed by atoms with Gasteiger partial charge in [-0.05, 0) is 38.3 Å². The van der Waals surface area contributed by atoms with E-state index in [0.29, 0.717) is 6.04 Å². The number of anilines is 1. The molecule has 5 nitrogen and oxygen atoms in total. The van der Waals surface area contributed by atoms with Crippen molar-refractivity contribution in [3.8, 4) is 0 Å². The van der Waals surface area contributed by atoms with Crippen LogP contribution in [0, 0.1) is 6.92 Å². The Morgan fingerprint density at radius 3 is 3.25 bits per heavy atom. The molecule has 2 N–H and O–H groups in total. The van der Waals surface area contributed by atoms with E-state index in [2.05, 4.69) is 25.5 Å². The van der Waals surface area contributed by atoms with E-state index in [1.807, 2.05) is 25.3 Å². The van der Waals surface area contributed by atoms with Gasteiger partial charge in [-0.2, -0.15) is 5.10 Å². The zero-order chi connectivity index (χ0) is 13.5. The molecule has 1 atom stereocenters. The van der Waals surface area contributed by atoms with E-state index in [0.717, 1.165) is 34.0 Å². The first-order valence-electron chi connectivity index (χ1n) is 6.82. The van der Waals surface area contributed by atoms with Gasteiger partial charge < -0.3 is 5.32 Å². The highest BCUT2D eigenvalue weighted by Gasteiger charge is 2.22. The molecule has 3 aromatic heterocycles. The monoisotopic (exact) mass is 285 g/mol. The molecule has 3 heterocycles. The van der Waals surface area contributed by atoms with Crippen LogP contribution in [0.2, 0.25) is 0 Å². The molecular formula is C14H15N5S. The smallest absolute Gasteiger partial charge is 0.185 e. The summed E-state index contributed by atoms with van der Waals surface area (Å²) in [5, 5.41) is 11.7. The molecule has 0 aliphatic heterocycles. The number of nitrogens with zero attached hydrogens (tertiary/aromatic N) is 3. The van der Waals surface area contributed by atoms with Gasteiger partial charge in [-0.3, -0.25) is 5.10 Å². The molecule has 102 valence electrons. The number of rotatable bonds is 2. The van der Waals surface area contributed by atoms with Crippen molar-refractivity contribution in [3.05, 3.63) is 35.3 Å². The summed E-state index contributed by atoms with van der Waals surface area (Å²) in [4.78, 5) is 10.1. The molecule has 0 aromatic carbocycles. The van der Waals surface area contributed by atoms with Gasteiger partial charge in [0.25, 0.3) is 0 Å². The van der Waals surface area contributed by atoms with Gasteiger partial charge in [0, 0.05) is 17.0 Å². The molecule has 0 radical (unpaired) electrons. The van der Waals surface area contributed by atoms with E-state index < -0.39 is 0 Å². The lowest BCUT2D eigenvalue weighted by Crippen LogP contribution is -2.16. The average molecular weight is 285 g/mol. The standard InChI is InChI=1S/C14H15N5S/c1-8-5-6-12-13(16-8)20-14(18-12)17-10-3-2-4-11-9(10)7-15-19-11/h5-7,10H,2-4H2,1H3,(H,15,19)(H,17,18). The third-order valence-corrected chi connectivity index (χ3v) is 4.64. The first-order valence-corrected chi connectivity index (χ1v) is 7.64. The quantitative estimate of drug-likeness (QED) is 0.758. The molecule has 0 bridgehead atoms. The van der Waals surface area contributed by atoms with Crippen LogP contribution in [0.4, 0.5) is 5.13 Å². The molecule has 0 spiro atoms. The fraction of sp³-hybridized carbons (Fsp3) is 0.357. The first kappa shape index (κ1) is 11.8. The van der Waals surface area contributed by atoms with Crippen molar-refractivity contribution in [3.63, 3.8) is 0 Å². The van der Waals surface area contributed by atoms with Gasteiger partial charge in [0.15, 0.2) is 5.13 Å². The normalized spacial score (nSPS) is 18.1. The van der Waals surface area contributed by atoms with Gasteiger partial charge in [0.05, 0.1) is 12.2 Å². The van der Waals surface area contributed by atoms with Crippen LogP contribution in [0.5, 0.6) is 0 Å². The zero-order valence-corrected chi connectivity index (χ0v) is 12.0. The maximum Gasteiger partial charge on any atom is 0.185 e. The molecule has 0 amide bonds. The number of nitrogens with one attached hydrogen (secondary N) is 2.